The maximum Gasteiger partial charge on any atom is 0.132 e. The van der Waals surface area contributed by atoms with E-state index in [0.29, 0.717) is 11.3 Å². The SMILES string of the molecule is COCc1c(F)ccc(C(C)(C)N)c1OC. The predicted molar refractivity (Wildman–Crippen MR) is 60.9 cm³/mol. The first-order chi connectivity index (χ1) is 7.41. The molecule has 0 aromatic heterocycles. The Labute approximate surface area is 95.4 Å². The van der Waals surface area contributed by atoms with Gasteiger partial charge < -0.3 is 15.2 Å². The van der Waals surface area contributed by atoms with Crippen molar-refractivity contribution in [3.05, 3.63) is 29.1 Å². The molecule has 90 valence electrons. The highest BCUT2D eigenvalue weighted by atomic mass is 19.1. The molecule has 0 unspecified atom stereocenters. The lowest BCUT2D eigenvalue weighted by atomic mass is 9.92. The standard InChI is InChI=1S/C12H18FNO2/c1-12(2,14)9-5-6-10(13)8(7-15-3)11(9)16-4/h5-6H,7,14H2,1-4H3. The molecule has 0 heterocycles. The number of nitrogens with two attached hydrogens (primary N) is 1. The van der Waals surface area contributed by atoms with Gasteiger partial charge in [0.15, 0.2) is 0 Å². The summed E-state index contributed by atoms with van der Waals surface area (Å²) >= 11 is 0. The molecule has 0 fully saturated rings. The topological polar surface area (TPSA) is 44.5 Å². The average molecular weight is 227 g/mol. The highest BCUT2D eigenvalue weighted by molar-refractivity contribution is 5.45. The molecule has 0 amide bonds. The highest BCUT2D eigenvalue weighted by Crippen LogP contribution is 2.33. The molecule has 0 aliphatic rings. The fourth-order valence-electron chi connectivity index (χ4n) is 1.62. The van der Waals surface area contributed by atoms with Crippen LogP contribution < -0.4 is 10.5 Å². The number of methoxy groups -OCH3 is 2. The molecule has 2 N–H and O–H groups in total. The first-order valence-electron chi connectivity index (χ1n) is 5.05. The first-order valence-corrected chi connectivity index (χ1v) is 5.05. The van der Waals surface area contributed by atoms with Crippen LogP contribution in [-0.4, -0.2) is 14.2 Å². The number of halogens is 1. The van der Waals surface area contributed by atoms with Crippen molar-refractivity contribution in [2.45, 2.75) is 26.0 Å². The van der Waals surface area contributed by atoms with Crippen molar-refractivity contribution in [2.24, 2.45) is 5.73 Å². The van der Waals surface area contributed by atoms with Crippen LogP contribution in [0.2, 0.25) is 0 Å². The van der Waals surface area contributed by atoms with Gasteiger partial charge in [-0.25, -0.2) is 4.39 Å². The molecule has 4 heteroatoms. The van der Waals surface area contributed by atoms with Gasteiger partial charge in [-0.2, -0.15) is 0 Å². The summed E-state index contributed by atoms with van der Waals surface area (Å²) < 4.78 is 23.8. The van der Waals surface area contributed by atoms with E-state index in [1.165, 1.54) is 20.3 Å². The lowest BCUT2D eigenvalue weighted by Gasteiger charge is -2.24. The number of ether oxygens (including phenoxy) is 2. The van der Waals surface area contributed by atoms with Crippen LogP contribution in [0.4, 0.5) is 4.39 Å². The zero-order valence-corrected chi connectivity index (χ0v) is 10.1. The molecular formula is C12H18FNO2. The van der Waals surface area contributed by atoms with Crippen LogP contribution in [-0.2, 0) is 16.9 Å². The van der Waals surface area contributed by atoms with Crippen molar-refractivity contribution >= 4 is 0 Å². The van der Waals surface area contributed by atoms with Gasteiger partial charge in [-0.1, -0.05) is 6.07 Å². The second kappa shape index (κ2) is 4.80. The molecule has 0 atom stereocenters. The predicted octanol–water partition coefficient (Wildman–Crippen LogP) is 2.17. The monoisotopic (exact) mass is 227 g/mol. The maximum absolute atomic E-state index is 13.6. The summed E-state index contributed by atoms with van der Waals surface area (Å²) in [6.45, 7) is 3.86. The Morgan fingerprint density at radius 1 is 1.31 bits per heavy atom. The summed E-state index contributed by atoms with van der Waals surface area (Å²) in [6.07, 6.45) is 0. The molecule has 0 bridgehead atoms. The van der Waals surface area contributed by atoms with Gasteiger partial charge in [0.25, 0.3) is 0 Å². The Balaban J connectivity index is 3.37. The minimum absolute atomic E-state index is 0.166. The van der Waals surface area contributed by atoms with E-state index < -0.39 is 5.54 Å². The van der Waals surface area contributed by atoms with Crippen molar-refractivity contribution in [3.63, 3.8) is 0 Å². The fraction of sp³-hybridized carbons (Fsp3) is 0.500. The van der Waals surface area contributed by atoms with Crippen LogP contribution in [0.1, 0.15) is 25.0 Å². The van der Waals surface area contributed by atoms with Crippen LogP contribution in [0, 0.1) is 5.82 Å². The largest absolute Gasteiger partial charge is 0.496 e. The molecule has 0 saturated carbocycles. The van der Waals surface area contributed by atoms with Crippen molar-refractivity contribution in [3.8, 4) is 5.75 Å². The van der Waals surface area contributed by atoms with Crippen molar-refractivity contribution in [2.75, 3.05) is 14.2 Å². The summed E-state index contributed by atoms with van der Waals surface area (Å²) in [6, 6.07) is 3.04. The second-order valence-electron chi connectivity index (χ2n) is 4.26. The van der Waals surface area contributed by atoms with Gasteiger partial charge in [-0.3, -0.25) is 0 Å². The van der Waals surface area contributed by atoms with Crippen LogP contribution in [0.25, 0.3) is 0 Å². The third kappa shape index (κ3) is 2.51. The molecule has 0 aliphatic heterocycles. The summed E-state index contributed by atoms with van der Waals surface area (Å²) in [7, 11) is 3.02. The smallest absolute Gasteiger partial charge is 0.132 e. The van der Waals surface area contributed by atoms with E-state index in [2.05, 4.69) is 0 Å². The quantitative estimate of drug-likeness (QED) is 0.857. The Kier molecular flexibility index (Phi) is 3.88. The molecule has 1 rings (SSSR count). The molecule has 0 aliphatic carbocycles. The summed E-state index contributed by atoms with van der Waals surface area (Å²) in [5, 5.41) is 0. The first kappa shape index (κ1) is 12.9. The number of rotatable bonds is 4. The maximum atomic E-state index is 13.6. The van der Waals surface area contributed by atoms with Crippen LogP contribution in [0.5, 0.6) is 5.75 Å². The van der Waals surface area contributed by atoms with E-state index in [4.69, 9.17) is 15.2 Å². The fourth-order valence-corrected chi connectivity index (χ4v) is 1.62. The van der Waals surface area contributed by atoms with Gasteiger partial charge in [0.05, 0.1) is 19.3 Å². The molecule has 0 radical (unpaired) electrons. The van der Waals surface area contributed by atoms with Gasteiger partial charge in [0.1, 0.15) is 11.6 Å². The van der Waals surface area contributed by atoms with Gasteiger partial charge in [-0.15, -0.1) is 0 Å². The average Bonchev–Trinajstić information content (AvgIpc) is 2.19. The third-order valence-electron chi connectivity index (χ3n) is 2.39. The Morgan fingerprint density at radius 3 is 2.38 bits per heavy atom. The van der Waals surface area contributed by atoms with E-state index >= 15 is 0 Å². The second-order valence-corrected chi connectivity index (χ2v) is 4.26. The molecular weight excluding hydrogens is 209 g/mol. The minimum Gasteiger partial charge on any atom is -0.496 e. The molecule has 1 aromatic rings. The third-order valence-corrected chi connectivity index (χ3v) is 2.39. The molecule has 1 aromatic carbocycles. The number of hydrogen-bond acceptors (Lipinski definition) is 3. The van der Waals surface area contributed by atoms with Gasteiger partial charge >= 0.3 is 0 Å². The van der Waals surface area contributed by atoms with E-state index in [1.54, 1.807) is 6.07 Å². The van der Waals surface area contributed by atoms with Crippen molar-refractivity contribution in [1.29, 1.82) is 0 Å². The highest BCUT2D eigenvalue weighted by Gasteiger charge is 2.23. The molecule has 0 saturated heterocycles. The van der Waals surface area contributed by atoms with E-state index in [0.717, 1.165) is 5.56 Å². The van der Waals surface area contributed by atoms with E-state index in [-0.39, 0.29) is 12.4 Å². The zero-order chi connectivity index (χ0) is 12.3. The summed E-state index contributed by atoms with van der Waals surface area (Å²) in [5.41, 5.74) is 6.59. The molecule has 3 nitrogen and oxygen atoms in total. The van der Waals surface area contributed by atoms with Gasteiger partial charge in [0, 0.05) is 18.2 Å². The van der Waals surface area contributed by atoms with Crippen molar-refractivity contribution in [1.82, 2.24) is 0 Å². The number of benzene rings is 1. The Hall–Kier alpha value is -1.13. The molecule has 0 spiro atoms. The van der Waals surface area contributed by atoms with E-state index in [1.807, 2.05) is 13.8 Å². The summed E-state index contributed by atoms with van der Waals surface area (Å²) in [5.74, 6) is 0.126. The van der Waals surface area contributed by atoms with Crippen LogP contribution in [0.15, 0.2) is 12.1 Å². The normalized spacial score (nSPS) is 11.6. The Bertz CT molecular complexity index is 372. The number of hydrogen-bond donors (Lipinski definition) is 1. The van der Waals surface area contributed by atoms with Gasteiger partial charge in [-0.05, 0) is 19.9 Å². The lowest BCUT2D eigenvalue weighted by molar-refractivity contribution is 0.177. The minimum atomic E-state index is -0.582. The van der Waals surface area contributed by atoms with E-state index in [9.17, 15) is 4.39 Å². The van der Waals surface area contributed by atoms with Crippen LogP contribution in [0.3, 0.4) is 0 Å². The van der Waals surface area contributed by atoms with Gasteiger partial charge in [0.2, 0.25) is 0 Å². The summed E-state index contributed by atoms with van der Waals surface area (Å²) in [4.78, 5) is 0. The Morgan fingerprint density at radius 2 is 1.94 bits per heavy atom. The zero-order valence-electron chi connectivity index (χ0n) is 10.1. The molecule has 16 heavy (non-hydrogen) atoms. The lowest BCUT2D eigenvalue weighted by Crippen LogP contribution is -2.29. The van der Waals surface area contributed by atoms with Crippen molar-refractivity contribution < 1.29 is 13.9 Å². The van der Waals surface area contributed by atoms with Crippen LogP contribution >= 0.6 is 0 Å².